The molecule has 0 aromatic carbocycles. The summed E-state index contributed by atoms with van der Waals surface area (Å²) >= 11 is 0. The van der Waals surface area contributed by atoms with Crippen molar-refractivity contribution in [2.45, 2.75) is 38.8 Å². The summed E-state index contributed by atoms with van der Waals surface area (Å²) in [4.78, 5) is 0. The Labute approximate surface area is 63.0 Å². The molecule has 0 aromatic heterocycles. The number of hydrogen-bond acceptors (Lipinski definition) is 2. The molecule has 0 heterocycles. The van der Waals surface area contributed by atoms with Gasteiger partial charge in [-0.25, -0.2) is 0 Å². The molecule has 1 fully saturated rings. The second-order valence-electron chi connectivity index (χ2n) is 3.90. The zero-order valence-electron chi connectivity index (χ0n) is 6.93. The SMILES string of the molecule is CC1CCC(C)C(N)(N)C1. The molecule has 1 aliphatic rings. The molecular weight excluding hydrogens is 124 g/mol. The highest BCUT2D eigenvalue weighted by Gasteiger charge is 2.33. The lowest BCUT2D eigenvalue weighted by atomic mass is 9.76. The van der Waals surface area contributed by atoms with Gasteiger partial charge in [-0.05, 0) is 24.7 Å². The summed E-state index contributed by atoms with van der Waals surface area (Å²) < 4.78 is 0. The van der Waals surface area contributed by atoms with E-state index in [0.717, 1.165) is 6.42 Å². The summed E-state index contributed by atoms with van der Waals surface area (Å²) in [5.41, 5.74) is 11.4. The van der Waals surface area contributed by atoms with E-state index in [0.29, 0.717) is 11.8 Å². The molecule has 4 N–H and O–H groups in total. The quantitative estimate of drug-likeness (QED) is 0.497. The third-order valence-electron chi connectivity index (χ3n) is 2.71. The molecule has 0 spiro atoms. The Kier molecular flexibility index (Phi) is 2.02. The summed E-state index contributed by atoms with van der Waals surface area (Å²) in [5, 5.41) is 0. The summed E-state index contributed by atoms with van der Waals surface area (Å²) in [5.74, 6) is 1.20. The Bertz CT molecular complexity index is 120. The molecule has 2 unspecified atom stereocenters. The molecule has 1 rings (SSSR count). The number of nitrogens with two attached hydrogens (primary N) is 2. The molecule has 10 heavy (non-hydrogen) atoms. The van der Waals surface area contributed by atoms with Crippen LogP contribution >= 0.6 is 0 Å². The van der Waals surface area contributed by atoms with E-state index < -0.39 is 5.66 Å². The molecule has 0 saturated heterocycles. The van der Waals surface area contributed by atoms with Gasteiger partial charge >= 0.3 is 0 Å². The third-order valence-corrected chi connectivity index (χ3v) is 2.71. The van der Waals surface area contributed by atoms with Gasteiger partial charge in [0.05, 0.1) is 5.66 Å². The highest BCUT2D eigenvalue weighted by atomic mass is 15.0. The van der Waals surface area contributed by atoms with E-state index in [2.05, 4.69) is 13.8 Å². The van der Waals surface area contributed by atoms with E-state index in [9.17, 15) is 0 Å². The second-order valence-corrected chi connectivity index (χ2v) is 3.90. The van der Waals surface area contributed by atoms with Crippen molar-refractivity contribution in [2.75, 3.05) is 0 Å². The van der Waals surface area contributed by atoms with E-state index in [-0.39, 0.29) is 0 Å². The molecule has 1 aliphatic carbocycles. The van der Waals surface area contributed by atoms with Gasteiger partial charge in [0.2, 0.25) is 0 Å². The highest BCUT2D eigenvalue weighted by molar-refractivity contribution is 4.88. The minimum Gasteiger partial charge on any atom is -0.313 e. The summed E-state index contributed by atoms with van der Waals surface area (Å²) in [6.07, 6.45) is 3.46. The topological polar surface area (TPSA) is 52.0 Å². The van der Waals surface area contributed by atoms with Crippen LogP contribution in [0.4, 0.5) is 0 Å². The van der Waals surface area contributed by atoms with E-state index in [1.807, 2.05) is 0 Å². The fraction of sp³-hybridized carbons (Fsp3) is 1.00. The molecule has 0 radical (unpaired) electrons. The lowest BCUT2D eigenvalue weighted by Gasteiger charge is -2.38. The second kappa shape index (κ2) is 2.51. The first-order valence-electron chi connectivity index (χ1n) is 4.10. The van der Waals surface area contributed by atoms with E-state index in [1.54, 1.807) is 0 Å². The Morgan fingerprint density at radius 3 is 2.20 bits per heavy atom. The molecule has 2 atom stereocenters. The molecule has 60 valence electrons. The van der Waals surface area contributed by atoms with Gasteiger partial charge < -0.3 is 11.5 Å². The van der Waals surface area contributed by atoms with Crippen LogP contribution in [0.1, 0.15) is 33.1 Å². The van der Waals surface area contributed by atoms with Gasteiger partial charge in [0.1, 0.15) is 0 Å². The van der Waals surface area contributed by atoms with Gasteiger partial charge in [0.15, 0.2) is 0 Å². The Balaban J connectivity index is 2.55. The van der Waals surface area contributed by atoms with Crippen LogP contribution in [0.5, 0.6) is 0 Å². The van der Waals surface area contributed by atoms with Crippen molar-refractivity contribution in [2.24, 2.45) is 23.3 Å². The Morgan fingerprint density at radius 2 is 1.80 bits per heavy atom. The molecule has 0 aromatic rings. The van der Waals surface area contributed by atoms with Crippen LogP contribution in [0, 0.1) is 11.8 Å². The van der Waals surface area contributed by atoms with Crippen molar-refractivity contribution >= 4 is 0 Å². The number of hydrogen-bond donors (Lipinski definition) is 2. The predicted octanol–water partition coefficient (Wildman–Crippen LogP) is 1.06. The molecule has 0 bridgehead atoms. The molecular formula is C8H18N2. The van der Waals surface area contributed by atoms with Gasteiger partial charge in [-0.1, -0.05) is 20.3 Å². The van der Waals surface area contributed by atoms with Gasteiger partial charge in [-0.3, -0.25) is 0 Å². The van der Waals surface area contributed by atoms with Crippen LogP contribution in [0.15, 0.2) is 0 Å². The van der Waals surface area contributed by atoms with E-state index in [4.69, 9.17) is 11.5 Å². The van der Waals surface area contributed by atoms with Crippen LogP contribution in [0.3, 0.4) is 0 Å². The first kappa shape index (κ1) is 8.02. The van der Waals surface area contributed by atoms with Crippen molar-refractivity contribution in [1.29, 1.82) is 0 Å². The minimum atomic E-state index is -0.391. The Hall–Kier alpha value is -0.0800. The van der Waals surface area contributed by atoms with Crippen molar-refractivity contribution < 1.29 is 0 Å². The van der Waals surface area contributed by atoms with Gasteiger partial charge in [-0.15, -0.1) is 0 Å². The maximum absolute atomic E-state index is 5.89. The fourth-order valence-electron chi connectivity index (χ4n) is 1.71. The smallest absolute Gasteiger partial charge is 0.0665 e. The monoisotopic (exact) mass is 142 g/mol. The van der Waals surface area contributed by atoms with Crippen LogP contribution in [0.2, 0.25) is 0 Å². The predicted molar refractivity (Wildman–Crippen MR) is 43.3 cm³/mol. The highest BCUT2D eigenvalue weighted by Crippen LogP contribution is 2.31. The summed E-state index contributed by atoms with van der Waals surface area (Å²) in [7, 11) is 0. The van der Waals surface area contributed by atoms with Crippen molar-refractivity contribution in [1.82, 2.24) is 0 Å². The fourth-order valence-corrected chi connectivity index (χ4v) is 1.71. The van der Waals surface area contributed by atoms with Gasteiger partial charge in [-0.2, -0.15) is 0 Å². The van der Waals surface area contributed by atoms with Crippen molar-refractivity contribution in [3.63, 3.8) is 0 Å². The van der Waals surface area contributed by atoms with E-state index >= 15 is 0 Å². The maximum Gasteiger partial charge on any atom is 0.0665 e. The standard InChI is InChI=1S/C8H18N2/c1-6-3-4-7(2)8(9,10)5-6/h6-7H,3-5,9-10H2,1-2H3. The molecule has 0 aliphatic heterocycles. The average molecular weight is 142 g/mol. The normalized spacial score (nSPS) is 39.6. The summed E-state index contributed by atoms with van der Waals surface area (Å²) in [6.45, 7) is 4.37. The average Bonchev–Trinajstić information content (AvgIpc) is 1.78. The lowest BCUT2D eigenvalue weighted by molar-refractivity contribution is 0.168. The molecule has 2 heteroatoms. The van der Waals surface area contributed by atoms with Gasteiger partial charge in [0.25, 0.3) is 0 Å². The van der Waals surface area contributed by atoms with E-state index in [1.165, 1.54) is 12.8 Å². The first-order valence-corrected chi connectivity index (χ1v) is 4.10. The van der Waals surface area contributed by atoms with Crippen molar-refractivity contribution in [3.8, 4) is 0 Å². The third kappa shape index (κ3) is 1.50. The van der Waals surface area contributed by atoms with Gasteiger partial charge in [0, 0.05) is 0 Å². The first-order chi connectivity index (χ1) is 4.52. The zero-order valence-corrected chi connectivity index (χ0v) is 6.93. The summed E-state index contributed by atoms with van der Waals surface area (Å²) in [6, 6.07) is 0. The molecule has 1 saturated carbocycles. The van der Waals surface area contributed by atoms with Crippen molar-refractivity contribution in [3.05, 3.63) is 0 Å². The minimum absolute atomic E-state index is 0.391. The largest absolute Gasteiger partial charge is 0.313 e. The van der Waals surface area contributed by atoms with Crippen LogP contribution < -0.4 is 11.5 Å². The zero-order chi connectivity index (χ0) is 7.78. The Morgan fingerprint density at radius 1 is 1.20 bits per heavy atom. The van der Waals surface area contributed by atoms with Crippen LogP contribution in [-0.4, -0.2) is 5.66 Å². The van der Waals surface area contributed by atoms with Crippen LogP contribution in [0.25, 0.3) is 0 Å². The lowest BCUT2D eigenvalue weighted by Crippen LogP contribution is -2.57. The number of rotatable bonds is 0. The molecule has 0 amide bonds. The van der Waals surface area contributed by atoms with Crippen LogP contribution in [-0.2, 0) is 0 Å². The maximum atomic E-state index is 5.89. The molecule has 2 nitrogen and oxygen atoms in total.